The summed E-state index contributed by atoms with van der Waals surface area (Å²) >= 11 is 0. The van der Waals surface area contributed by atoms with Crippen LogP contribution in [0.3, 0.4) is 0 Å². The highest BCUT2D eigenvalue weighted by molar-refractivity contribution is 7.89. The highest BCUT2D eigenvalue weighted by Gasteiger charge is 2.34. The number of oxime groups is 1. The Balaban J connectivity index is 2.35. The van der Waals surface area contributed by atoms with Crippen LogP contribution in [0.4, 0.5) is 0 Å². The van der Waals surface area contributed by atoms with Gasteiger partial charge in [0.15, 0.2) is 0 Å². The summed E-state index contributed by atoms with van der Waals surface area (Å²) in [5, 5.41) is 15.8. The van der Waals surface area contributed by atoms with Crippen molar-refractivity contribution in [2.24, 2.45) is 10.3 Å². The van der Waals surface area contributed by atoms with Gasteiger partial charge in [0, 0.05) is 19.6 Å². The van der Waals surface area contributed by atoms with Crippen LogP contribution < -0.4 is 5.14 Å². The summed E-state index contributed by atoms with van der Waals surface area (Å²) in [6.07, 6.45) is 0. The minimum Gasteiger partial charge on any atom is -0.411 e. The van der Waals surface area contributed by atoms with E-state index in [1.54, 1.807) is 6.92 Å². The summed E-state index contributed by atoms with van der Waals surface area (Å²) < 4.78 is 21.6. The third-order valence-electron chi connectivity index (χ3n) is 2.01. The number of likely N-dealkylation sites (tertiary alicyclic amines) is 1. The van der Waals surface area contributed by atoms with E-state index in [4.69, 9.17) is 10.3 Å². The lowest BCUT2D eigenvalue weighted by molar-refractivity contribution is 0.209. The van der Waals surface area contributed by atoms with E-state index in [0.717, 1.165) is 0 Å². The molecule has 0 bridgehead atoms. The molecule has 1 aliphatic rings. The summed E-state index contributed by atoms with van der Waals surface area (Å²) in [4.78, 5) is 1.85. The monoisotopic (exact) mass is 207 g/mol. The summed E-state index contributed by atoms with van der Waals surface area (Å²) in [5.41, 5.74) is 0.563. The second-order valence-electron chi connectivity index (χ2n) is 3.24. The Morgan fingerprint density at radius 3 is 2.62 bits per heavy atom. The summed E-state index contributed by atoms with van der Waals surface area (Å²) in [5.74, 6) is 0. The smallest absolute Gasteiger partial charge is 0.214 e. The number of hydrogen-bond donors (Lipinski definition) is 2. The van der Waals surface area contributed by atoms with Crippen molar-refractivity contribution in [3.63, 3.8) is 0 Å². The first-order chi connectivity index (χ1) is 5.93. The van der Waals surface area contributed by atoms with Crippen LogP contribution in [0, 0.1) is 0 Å². The Morgan fingerprint density at radius 2 is 2.23 bits per heavy atom. The largest absolute Gasteiger partial charge is 0.411 e. The molecule has 76 valence electrons. The average molecular weight is 207 g/mol. The fourth-order valence-electron chi connectivity index (χ4n) is 1.21. The Hall–Kier alpha value is -0.660. The van der Waals surface area contributed by atoms with Crippen molar-refractivity contribution in [2.75, 3.05) is 19.6 Å². The first kappa shape index (κ1) is 10.4. The van der Waals surface area contributed by atoms with E-state index in [0.29, 0.717) is 25.3 Å². The molecular weight excluding hydrogens is 194 g/mol. The van der Waals surface area contributed by atoms with E-state index in [1.807, 2.05) is 4.90 Å². The number of hydrogen-bond acceptors (Lipinski definition) is 5. The first-order valence-corrected chi connectivity index (χ1v) is 5.46. The normalized spacial score (nSPS) is 21.5. The van der Waals surface area contributed by atoms with Crippen molar-refractivity contribution in [1.82, 2.24) is 4.90 Å². The van der Waals surface area contributed by atoms with Gasteiger partial charge in [-0.25, -0.2) is 13.6 Å². The lowest BCUT2D eigenvalue weighted by atomic mass is 10.2. The number of rotatable bonds is 3. The van der Waals surface area contributed by atoms with E-state index in [-0.39, 0.29) is 0 Å². The van der Waals surface area contributed by atoms with Gasteiger partial charge in [-0.15, -0.1) is 0 Å². The van der Waals surface area contributed by atoms with Crippen molar-refractivity contribution in [1.29, 1.82) is 0 Å². The molecular formula is C6H13N3O3S. The third-order valence-corrected chi connectivity index (χ3v) is 3.24. The molecule has 1 fully saturated rings. The maximum Gasteiger partial charge on any atom is 0.214 e. The molecule has 1 heterocycles. The Bertz CT molecular complexity index is 305. The number of primary sulfonamides is 1. The van der Waals surface area contributed by atoms with Gasteiger partial charge in [-0.1, -0.05) is 5.16 Å². The fourth-order valence-corrected chi connectivity index (χ4v) is 2.05. The van der Waals surface area contributed by atoms with Gasteiger partial charge in [-0.2, -0.15) is 0 Å². The maximum atomic E-state index is 10.8. The maximum absolute atomic E-state index is 10.8. The van der Waals surface area contributed by atoms with Gasteiger partial charge in [0.05, 0.1) is 5.71 Å². The standard InChI is InChI=1S/C6H13N3O3S/c1-5(8-10)2-9-3-6(4-9)13(7,11)12/h6,10H,2-4H2,1H3,(H2,7,11,12)/b8-5+. The zero-order chi connectivity index (χ0) is 10.1. The second-order valence-corrected chi connectivity index (χ2v) is 5.09. The zero-order valence-electron chi connectivity index (χ0n) is 7.34. The highest BCUT2D eigenvalue weighted by Crippen LogP contribution is 2.13. The van der Waals surface area contributed by atoms with Crippen LogP contribution in [0.25, 0.3) is 0 Å². The Labute approximate surface area is 77.1 Å². The summed E-state index contributed by atoms with van der Waals surface area (Å²) in [6, 6.07) is 0. The second kappa shape index (κ2) is 3.60. The number of sulfonamides is 1. The molecule has 0 aromatic rings. The third kappa shape index (κ3) is 2.64. The quantitative estimate of drug-likeness (QED) is 0.345. The van der Waals surface area contributed by atoms with Gasteiger partial charge in [-0.05, 0) is 6.92 Å². The number of nitrogens with zero attached hydrogens (tertiary/aromatic N) is 2. The minimum absolute atomic E-state index is 0.422. The van der Waals surface area contributed by atoms with Crippen LogP contribution in [0.1, 0.15) is 6.92 Å². The van der Waals surface area contributed by atoms with Gasteiger partial charge >= 0.3 is 0 Å². The predicted octanol–water partition coefficient (Wildman–Crippen LogP) is -1.19. The molecule has 0 aromatic carbocycles. The highest BCUT2D eigenvalue weighted by atomic mass is 32.2. The molecule has 3 N–H and O–H groups in total. The molecule has 0 saturated carbocycles. The van der Waals surface area contributed by atoms with E-state index in [1.165, 1.54) is 0 Å². The van der Waals surface area contributed by atoms with Crippen LogP contribution in [0.5, 0.6) is 0 Å². The average Bonchev–Trinajstić information content (AvgIpc) is 1.92. The minimum atomic E-state index is -3.39. The van der Waals surface area contributed by atoms with Crippen LogP contribution in [-0.4, -0.2) is 49.1 Å². The van der Waals surface area contributed by atoms with E-state index >= 15 is 0 Å². The number of nitrogens with two attached hydrogens (primary N) is 1. The molecule has 7 heteroatoms. The molecule has 1 saturated heterocycles. The molecule has 0 unspecified atom stereocenters. The van der Waals surface area contributed by atoms with Gasteiger partial charge in [0.2, 0.25) is 10.0 Å². The lowest BCUT2D eigenvalue weighted by Gasteiger charge is -2.37. The van der Waals surface area contributed by atoms with Gasteiger partial charge < -0.3 is 5.21 Å². The van der Waals surface area contributed by atoms with E-state index < -0.39 is 15.3 Å². The molecule has 0 atom stereocenters. The van der Waals surface area contributed by atoms with Gasteiger partial charge in [0.1, 0.15) is 5.25 Å². The molecule has 0 aliphatic carbocycles. The van der Waals surface area contributed by atoms with Crippen molar-refractivity contribution < 1.29 is 13.6 Å². The van der Waals surface area contributed by atoms with Crippen molar-refractivity contribution in [2.45, 2.75) is 12.2 Å². The first-order valence-electron chi connectivity index (χ1n) is 3.85. The Morgan fingerprint density at radius 1 is 1.69 bits per heavy atom. The SMILES string of the molecule is C/C(CN1CC(S(N)(=O)=O)C1)=N\O. The summed E-state index contributed by atoms with van der Waals surface area (Å²) in [6.45, 7) is 3.00. The fraction of sp³-hybridized carbons (Fsp3) is 0.833. The molecule has 0 spiro atoms. The molecule has 13 heavy (non-hydrogen) atoms. The van der Waals surface area contributed by atoms with Crippen LogP contribution in [-0.2, 0) is 10.0 Å². The lowest BCUT2D eigenvalue weighted by Crippen LogP contribution is -2.57. The van der Waals surface area contributed by atoms with Crippen molar-refractivity contribution in [3.05, 3.63) is 0 Å². The molecule has 1 rings (SSSR count). The molecule has 1 aliphatic heterocycles. The Kier molecular flexibility index (Phi) is 2.89. The van der Waals surface area contributed by atoms with Gasteiger partial charge in [-0.3, -0.25) is 4.90 Å². The van der Waals surface area contributed by atoms with Crippen LogP contribution >= 0.6 is 0 Å². The molecule has 0 aromatic heterocycles. The topological polar surface area (TPSA) is 96.0 Å². The van der Waals surface area contributed by atoms with Crippen LogP contribution in [0.15, 0.2) is 5.16 Å². The van der Waals surface area contributed by atoms with E-state index in [9.17, 15) is 8.42 Å². The van der Waals surface area contributed by atoms with Crippen molar-refractivity contribution in [3.8, 4) is 0 Å². The van der Waals surface area contributed by atoms with E-state index in [2.05, 4.69) is 5.16 Å². The molecule has 0 amide bonds. The molecule has 6 nitrogen and oxygen atoms in total. The van der Waals surface area contributed by atoms with Gasteiger partial charge in [0.25, 0.3) is 0 Å². The van der Waals surface area contributed by atoms with Crippen molar-refractivity contribution >= 4 is 15.7 Å². The predicted molar refractivity (Wildman–Crippen MR) is 48.2 cm³/mol. The van der Waals surface area contributed by atoms with Crippen LogP contribution in [0.2, 0.25) is 0 Å². The zero-order valence-corrected chi connectivity index (χ0v) is 8.16. The summed E-state index contributed by atoms with van der Waals surface area (Å²) in [7, 11) is -3.39. The molecule has 0 radical (unpaired) electrons.